The maximum absolute atomic E-state index is 13.0. The second-order valence-corrected chi connectivity index (χ2v) is 10.6. The van der Waals surface area contributed by atoms with Crippen LogP contribution < -0.4 is 15.4 Å². The number of amides is 2. The van der Waals surface area contributed by atoms with Crippen LogP contribution in [0.15, 0.2) is 35.0 Å². The second kappa shape index (κ2) is 10.3. The van der Waals surface area contributed by atoms with Crippen molar-refractivity contribution in [2.24, 2.45) is 0 Å². The minimum atomic E-state index is -0.370. The van der Waals surface area contributed by atoms with Gasteiger partial charge in [0.25, 0.3) is 5.91 Å². The third-order valence-corrected chi connectivity index (χ3v) is 8.42. The normalized spacial score (nSPS) is 20.4. The van der Waals surface area contributed by atoms with Crippen molar-refractivity contribution in [3.63, 3.8) is 0 Å². The van der Waals surface area contributed by atoms with Gasteiger partial charge in [0.2, 0.25) is 0 Å². The SMILES string of the molecule is CCNC(=O)O[C@H]1CC[C@](CNC(=O)c2csc(Cl)c2OC)(c2csc3ccccc32)CC1. The standard InChI is InChI=1S/C24H27ClN2O4S2/c1-3-26-23(29)31-15-8-10-24(11-9-15,18-13-32-19-7-5-4-6-16(18)19)14-27-22(28)17-12-33-21(25)20(17)30-2/h4-7,12-13,15H,3,8-11,14H2,1-2H3,(H,26,29)(H,27,28)/t15-,24-. The van der Waals surface area contributed by atoms with E-state index in [0.29, 0.717) is 28.7 Å². The number of alkyl carbamates (subject to hydrolysis) is 1. The van der Waals surface area contributed by atoms with Gasteiger partial charge in [-0.2, -0.15) is 0 Å². The molecule has 1 aliphatic rings. The van der Waals surface area contributed by atoms with Crippen molar-refractivity contribution < 1.29 is 19.1 Å². The predicted octanol–water partition coefficient (Wildman–Crippen LogP) is 5.98. The van der Waals surface area contributed by atoms with Crippen LogP contribution in [0.2, 0.25) is 4.34 Å². The summed E-state index contributed by atoms with van der Waals surface area (Å²) in [6.07, 6.45) is 2.60. The summed E-state index contributed by atoms with van der Waals surface area (Å²) in [5.41, 5.74) is 1.45. The van der Waals surface area contributed by atoms with Crippen LogP contribution in [0.25, 0.3) is 10.1 Å². The maximum atomic E-state index is 13.0. The molecule has 0 aliphatic heterocycles. The lowest BCUT2D eigenvalue weighted by molar-refractivity contribution is 0.0570. The molecule has 1 aliphatic carbocycles. The first-order valence-electron chi connectivity index (χ1n) is 11.0. The number of benzene rings is 1. The number of carbonyl (C=O) groups is 2. The molecular weight excluding hydrogens is 480 g/mol. The summed E-state index contributed by atoms with van der Waals surface area (Å²) in [6.45, 7) is 2.89. The van der Waals surface area contributed by atoms with Crippen molar-refractivity contribution in [3.8, 4) is 5.75 Å². The number of fused-ring (bicyclic) bond motifs is 1. The average Bonchev–Trinajstić information content (AvgIpc) is 3.42. The van der Waals surface area contributed by atoms with E-state index in [0.717, 1.165) is 25.7 Å². The van der Waals surface area contributed by atoms with Crippen molar-refractivity contribution >= 4 is 56.4 Å². The molecule has 3 aromatic rings. The first-order valence-corrected chi connectivity index (χ1v) is 13.1. The number of rotatable bonds is 7. The first-order chi connectivity index (χ1) is 16.0. The maximum Gasteiger partial charge on any atom is 0.407 e. The zero-order valence-electron chi connectivity index (χ0n) is 18.6. The number of halogens is 1. The van der Waals surface area contributed by atoms with Gasteiger partial charge in [-0.3, -0.25) is 4.79 Å². The van der Waals surface area contributed by atoms with Gasteiger partial charge in [0, 0.05) is 28.6 Å². The Morgan fingerprint density at radius 3 is 2.64 bits per heavy atom. The summed E-state index contributed by atoms with van der Waals surface area (Å²) in [7, 11) is 1.51. The zero-order chi connectivity index (χ0) is 23.4. The highest BCUT2D eigenvalue weighted by Crippen LogP contribution is 2.45. The summed E-state index contributed by atoms with van der Waals surface area (Å²) >= 11 is 9.16. The quantitative estimate of drug-likeness (QED) is 0.413. The Hall–Kier alpha value is -2.29. The van der Waals surface area contributed by atoms with Crippen LogP contribution in [0.4, 0.5) is 4.79 Å². The predicted molar refractivity (Wildman–Crippen MR) is 134 cm³/mol. The molecule has 0 radical (unpaired) electrons. The molecule has 2 amide bonds. The first kappa shape index (κ1) is 23.9. The van der Waals surface area contributed by atoms with E-state index < -0.39 is 0 Å². The Labute approximate surface area is 206 Å². The summed E-state index contributed by atoms with van der Waals surface area (Å²) in [4.78, 5) is 24.9. The summed E-state index contributed by atoms with van der Waals surface area (Å²) in [5, 5.41) is 11.0. The third-order valence-electron chi connectivity index (χ3n) is 6.28. The molecule has 6 nitrogen and oxygen atoms in total. The van der Waals surface area contributed by atoms with Gasteiger partial charge in [0.1, 0.15) is 10.4 Å². The van der Waals surface area contributed by atoms with Crippen LogP contribution in [-0.2, 0) is 10.2 Å². The second-order valence-electron chi connectivity index (χ2n) is 8.20. The summed E-state index contributed by atoms with van der Waals surface area (Å²) in [5.74, 6) is 0.211. The van der Waals surface area contributed by atoms with E-state index in [4.69, 9.17) is 21.1 Å². The van der Waals surface area contributed by atoms with Crippen LogP contribution in [0.1, 0.15) is 48.5 Å². The summed E-state index contributed by atoms with van der Waals surface area (Å²) in [6, 6.07) is 8.36. The van der Waals surface area contributed by atoms with E-state index >= 15 is 0 Å². The molecule has 0 atom stereocenters. The highest BCUT2D eigenvalue weighted by atomic mass is 35.5. The van der Waals surface area contributed by atoms with Crippen molar-refractivity contribution in [3.05, 3.63) is 50.5 Å². The number of methoxy groups -OCH3 is 1. The fourth-order valence-electron chi connectivity index (χ4n) is 4.54. The molecule has 2 aromatic heterocycles. The van der Waals surface area contributed by atoms with Gasteiger partial charge < -0.3 is 20.1 Å². The largest absolute Gasteiger partial charge is 0.493 e. The fraction of sp³-hybridized carbons (Fsp3) is 0.417. The number of carbonyl (C=O) groups excluding carboxylic acids is 2. The van der Waals surface area contributed by atoms with Crippen molar-refractivity contribution in [2.45, 2.75) is 44.1 Å². The van der Waals surface area contributed by atoms with Gasteiger partial charge in [-0.1, -0.05) is 29.8 Å². The van der Waals surface area contributed by atoms with Crippen LogP contribution in [0, 0.1) is 0 Å². The number of hydrogen-bond acceptors (Lipinski definition) is 6. The Balaban J connectivity index is 1.56. The van der Waals surface area contributed by atoms with Crippen LogP contribution >= 0.6 is 34.3 Å². The number of hydrogen-bond donors (Lipinski definition) is 2. The minimum absolute atomic E-state index is 0.124. The van der Waals surface area contributed by atoms with Crippen molar-refractivity contribution in [1.82, 2.24) is 10.6 Å². The number of nitrogens with one attached hydrogen (secondary N) is 2. The lowest BCUT2D eigenvalue weighted by Crippen LogP contribution is -2.45. The van der Waals surface area contributed by atoms with Crippen LogP contribution in [-0.4, -0.2) is 38.3 Å². The molecular formula is C24H27ClN2O4S2. The Kier molecular flexibility index (Phi) is 7.46. The van der Waals surface area contributed by atoms with E-state index in [1.165, 1.54) is 34.1 Å². The molecule has 1 aromatic carbocycles. The molecule has 33 heavy (non-hydrogen) atoms. The van der Waals surface area contributed by atoms with E-state index in [1.54, 1.807) is 16.7 Å². The number of ether oxygens (including phenoxy) is 2. The highest BCUT2D eigenvalue weighted by molar-refractivity contribution is 7.17. The lowest BCUT2D eigenvalue weighted by Gasteiger charge is -2.40. The van der Waals surface area contributed by atoms with E-state index in [1.807, 2.05) is 19.1 Å². The topological polar surface area (TPSA) is 76.7 Å². The highest BCUT2D eigenvalue weighted by Gasteiger charge is 2.40. The molecule has 1 fully saturated rings. The molecule has 0 unspecified atom stereocenters. The smallest absolute Gasteiger partial charge is 0.407 e. The van der Waals surface area contributed by atoms with Gasteiger partial charge in [-0.15, -0.1) is 22.7 Å². The van der Waals surface area contributed by atoms with Gasteiger partial charge in [0.05, 0.1) is 12.7 Å². The summed E-state index contributed by atoms with van der Waals surface area (Å²) < 4.78 is 12.6. The van der Waals surface area contributed by atoms with E-state index in [2.05, 4.69) is 28.1 Å². The van der Waals surface area contributed by atoms with Gasteiger partial charge in [-0.25, -0.2) is 4.79 Å². The van der Waals surface area contributed by atoms with E-state index in [9.17, 15) is 9.59 Å². The van der Waals surface area contributed by atoms with Gasteiger partial charge >= 0.3 is 6.09 Å². The molecule has 0 bridgehead atoms. The monoisotopic (exact) mass is 506 g/mol. The zero-order valence-corrected chi connectivity index (χ0v) is 21.0. The molecule has 0 spiro atoms. The van der Waals surface area contributed by atoms with Crippen molar-refractivity contribution in [2.75, 3.05) is 20.2 Å². The Morgan fingerprint density at radius 2 is 1.91 bits per heavy atom. The van der Waals surface area contributed by atoms with E-state index in [-0.39, 0.29) is 23.5 Å². The Bertz CT molecular complexity index is 1130. The molecule has 4 rings (SSSR count). The molecule has 0 saturated heterocycles. The third kappa shape index (κ3) is 4.98. The molecule has 176 valence electrons. The fourth-order valence-corrected chi connectivity index (χ4v) is 6.68. The average molecular weight is 507 g/mol. The van der Waals surface area contributed by atoms with Crippen molar-refractivity contribution in [1.29, 1.82) is 0 Å². The molecule has 9 heteroatoms. The minimum Gasteiger partial charge on any atom is -0.493 e. The van der Waals surface area contributed by atoms with Crippen LogP contribution in [0.5, 0.6) is 5.75 Å². The Morgan fingerprint density at radius 1 is 1.15 bits per heavy atom. The molecule has 1 saturated carbocycles. The van der Waals surface area contributed by atoms with Gasteiger partial charge in [-0.05, 0) is 55.0 Å². The lowest BCUT2D eigenvalue weighted by atomic mass is 9.68. The molecule has 2 heterocycles. The molecule has 2 N–H and O–H groups in total. The van der Waals surface area contributed by atoms with Gasteiger partial charge in [0.15, 0.2) is 5.75 Å². The van der Waals surface area contributed by atoms with Crippen LogP contribution in [0.3, 0.4) is 0 Å². The number of thiophene rings is 2.